The summed E-state index contributed by atoms with van der Waals surface area (Å²) in [7, 11) is 0. The lowest BCUT2D eigenvalue weighted by Crippen LogP contribution is -2.61. The van der Waals surface area contributed by atoms with Gasteiger partial charge in [0, 0.05) is 0 Å². The van der Waals surface area contributed by atoms with Crippen molar-refractivity contribution in [2.45, 2.75) is 30.4 Å². The average Bonchev–Trinajstić information content (AvgIpc) is 2.44. The standard InChI is InChI=1S/C12H8F9NO/c13-9(14,10(15,16)11(17,18)12(19,20)21)6-8(22-23)7-4-2-1-3-5-7/h1-5,23H,6H2/b22-8+. The Morgan fingerprint density at radius 3 is 1.70 bits per heavy atom. The van der Waals surface area contributed by atoms with Crippen molar-refractivity contribution < 1.29 is 44.7 Å². The fraction of sp³-hybridized carbons (Fsp3) is 0.417. The summed E-state index contributed by atoms with van der Waals surface area (Å²) in [6.45, 7) is 0. The molecule has 0 radical (unpaired) electrons. The highest BCUT2D eigenvalue weighted by Gasteiger charge is 2.81. The van der Waals surface area contributed by atoms with Crippen LogP contribution in [0.2, 0.25) is 0 Å². The van der Waals surface area contributed by atoms with Gasteiger partial charge in [0.2, 0.25) is 0 Å². The maximum Gasteiger partial charge on any atom is 0.460 e. The van der Waals surface area contributed by atoms with Crippen molar-refractivity contribution in [3.63, 3.8) is 0 Å². The number of alkyl halides is 9. The van der Waals surface area contributed by atoms with Crippen molar-refractivity contribution in [3.8, 4) is 0 Å². The fourth-order valence-corrected chi connectivity index (χ4v) is 1.55. The molecule has 0 saturated carbocycles. The molecule has 130 valence electrons. The first-order valence-electron chi connectivity index (χ1n) is 5.74. The molecule has 0 aromatic heterocycles. The molecule has 0 fully saturated rings. The molecule has 0 heterocycles. The topological polar surface area (TPSA) is 32.6 Å². The Morgan fingerprint density at radius 1 is 0.826 bits per heavy atom. The molecule has 1 N–H and O–H groups in total. The van der Waals surface area contributed by atoms with E-state index >= 15 is 0 Å². The fourth-order valence-electron chi connectivity index (χ4n) is 1.55. The second-order valence-electron chi connectivity index (χ2n) is 4.44. The third-order valence-electron chi connectivity index (χ3n) is 2.83. The number of halogens is 9. The molecule has 0 atom stereocenters. The lowest BCUT2D eigenvalue weighted by molar-refractivity contribution is -0.394. The normalized spacial score (nSPS) is 14.9. The molecule has 0 bridgehead atoms. The molecule has 1 aromatic rings. The van der Waals surface area contributed by atoms with Crippen molar-refractivity contribution in [2.75, 3.05) is 0 Å². The summed E-state index contributed by atoms with van der Waals surface area (Å²) in [5.74, 6) is -19.5. The minimum absolute atomic E-state index is 0.346. The third kappa shape index (κ3) is 3.37. The molecule has 1 rings (SSSR count). The van der Waals surface area contributed by atoms with E-state index in [0.717, 1.165) is 12.1 Å². The van der Waals surface area contributed by atoms with Crippen LogP contribution in [0.1, 0.15) is 12.0 Å². The minimum atomic E-state index is -6.97. The molecule has 0 aliphatic heterocycles. The zero-order chi connectivity index (χ0) is 18.1. The van der Waals surface area contributed by atoms with Crippen LogP contribution in [-0.2, 0) is 0 Å². The molecule has 0 saturated heterocycles. The molecule has 0 aliphatic carbocycles. The molecule has 1 aromatic carbocycles. The molecular formula is C12H8F9NO. The average molecular weight is 353 g/mol. The van der Waals surface area contributed by atoms with Crippen molar-refractivity contribution in [3.05, 3.63) is 35.9 Å². The van der Waals surface area contributed by atoms with Crippen LogP contribution in [0.4, 0.5) is 39.5 Å². The summed E-state index contributed by atoms with van der Waals surface area (Å²) in [6, 6.07) is 5.86. The van der Waals surface area contributed by atoms with Gasteiger partial charge < -0.3 is 5.21 Å². The monoisotopic (exact) mass is 353 g/mol. The van der Waals surface area contributed by atoms with Crippen LogP contribution in [0.15, 0.2) is 35.5 Å². The molecule has 0 amide bonds. The maximum atomic E-state index is 13.4. The Kier molecular flexibility index (Phi) is 4.93. The minimum Gasteiger partial charge on any atom is -0.411 e. The van der Waals surface area contributed by atoms with Gasteiger partial charge in [0.15, 0.2) is 0 Å². The Balaban J connectivity index is 3.20. The highest BCUT2D eigenvalue weighted by molar-refractivity contribution is 6.00. The van der Waals surface area contributed by atoms with Crippen molar-refractivity contribution in [1.82, 2.24) is 0 Å². The van der Waals surface area contributed by atoms with E-state index in [9.17, 15) is 39.5 Å². The largest absolute Gasteiger partial charge is 0.460 e. The van der Waals surface area contributed by atoms with Gasteiger partial charge in [-0.3, -0.25) is 0 Å². The highest BCUT2D eigenvalue weighted by Crippen LogP contribution is 2.54. The number of oxime groups is 1. The predicted octanol–water partition coefficient (Wildman–Crippen LogP) is 4.72. The van der Waals surface area contributed by atoms with E-state index in [1.165, 1.54) is 18.2 Å². The Labute approximate surface area is 123 Å². The van der Waals surface area contributed by atoms with Gasteiger partial charge in [0.1, 0.15) is 0 Å². The van der Waals surface area contributed by atoms with Gasteiger partial charge in [-0.2, -0.15) is 39.5 Å². The maximum absolute atomic E-state index is 13.4. The highest BCUT2D eigenvalue weighted by atomic mass is 19.4. The van der Waals surface area contributed by atoms with Crippen molar-refractivity contribution >= 4 is 5.71 Å². The molecule has 2 nitrogen and oxygen atoms in total. The van der Waals surface area contributed by atoms with Gasteiger partial charge in [-0.1, -0.05) is 35.5 Å². The number of nitrogens with zero attached hydrogens (tertiary/aromatic N) is 1. The van der Waals surface area contributed by atoms with Gasteiger partial charge in [0.25, 0.3) is 0 Å². The van der Waals surface area contributed by atoms with E-state index in [1.54, 1.807) is 0 Å². The van der Waals surface area contributed by atoms with Crippen molar-refractivity contribution in [2.24, 2.45) is 5.16 Å². The first-order valence-corrected chi connectivity index (χ1v) is 5.74. The van der Waals surface area contributed by atoms with Gasteiger partial charge in [0.05, 0.1) is 12.1 Å². The SMILES string of the molecule is O/N=C(\CC(F)(F)C(F)(F)C(F)(F)C(F)(F)F)c1ccccc1. The molecular weight excluding hydrogens is 345 g/mol. The van der Waals surface area contributed by atoms with Crippen LogP contribution < -0.4 is 0 Å². The smallest absolute Gasteiger partial charge is 0.411 e. The molecule has 0 aliphatic rings. The van der Waals surface area contributed by atoms with Crippen LogP contribution in [0.3, 0.4) is 0 Å². The Bertz CT molecular complexity index is 566. The number of hydrogen-bond acceptors (Lipinski definition) is 2. The zero-order valence-electron chi connectivity index (χ0n) is 10.9. The quantitative estimate of drug-likeness (QED) is 0.353. The summed E-state index contributed by atoms with van der Waals surface area (Å²) in [5, 5.41) is 10.8. The van der Waals surface area contributed by atoms with Crippen LogP contribution in [-0.4, -0.2) is 34.9 Å². The molecule has 11 heteroatoms. The first kappa shape index (κ1) is 19.1. The van der Waals surface area contributed by atoms with Crippen LogP contribution in [0.5, 0.6) is 0 Å². The van der Waals surface area contributed by atoms with Crippen LogP contribution in [0, 0.1) is 0 Å². The van der Waals surface area contributed by atoms with E-state index in [0.29, 0.717) is 0 Å². The van der Waals surface area contributed by atoms with Crippen molar-refractivity contribution in [1.29, 1.82) is 0 Å². The zero-order valence-corrected chi connectivity index (χ0v) is 10.9. The predicted molar refractivity (Wildman–Crippen MR) is 60.3 cm³/mol. The van der Waals surface area contributed by atoms with E-state index < -0.39 is 36.1 Å². The van der Waals surface area contributed by atoms with Gasteiger partial charge in [-0.25, -0.2) is 0 Å². The lowest BCUT2D eigenvalue weighted by Gasteiger charge is -2.33. The third-order valence-corrected chi connectivity index (χ3v) is 2.83. The second-order valence-corrected chi connectivity index (χ2v) is 4.44. The summed E-state index contributed by atoms with van der Waals surface area (Å²) in [6.07, 6.45) is -9.21. The van der Waals surface area contributed by atoms with E-state index in [1.807, 2.05) is 0 Å². The molecule has 0 spiro atoms. The van der Waals surface area contributed by atoms with E-state index in [2.05, 4.69) is 5.16 Å². The summed E-state index contributed by atoms with van der Waals surface area (Å²) >= 11 is 0. The number of hydrogen-bond donors (Lipinski definition) is 1. The Hall–Kier alpha value is -1.94. The van der Waals surface area contributed by atoms with Gasteiger partial charge in [-0.05, 0) is 5.56 Å². The van der Waals surface area contributed by atoms with Crippen LogP contribution >= 0.6 is 0 Å². The Morgan fingerprint density at radius 2 is 1.30 bits per heavy atom. The second kappa shape index (κ2) is 5.93. The summed E-state index contributed by atoms with van der Waals surface area (Å²) < 4.78 is 114. The molecule has 23 heavy (non-hydrogen) atoms. The van der Waals surface area contributed by atoms with Gasteiger partial charge >= 0.3 is 23.9 Å². The first-order chi connectivity index (χ1) is 10.3. The van der Waals surface area contributed by atoms with Gasteiger partial charge in [-0.15, -0.1) is 0 Å². The number of benzene rings is 1. The summed E-state index contributed by atoms with van der Waals surface area (Å²) in [5.41, 5.74) is -1.52. The molecule has 0 unspecified atom stereocenters. The van der Waals surface area contributed by atoms with E-state index in [-0.39, 0.29) is 5.56 Å². The number of rotatable bonds is 5. The lowest BCUT2D eigenvalue weighted by atomic mass is 9.96. The van der Waals surface area contributed by atoms with Crippen LogP contribution in [0.25, 0.3) is 0 Å². The summed E-state index contributed by atoms with van der Waals surface area (Å²) in [4.78, 5) is 0. The van der Waals surface area contributed by atoms with E-state index in [4.69, 9.17) is 5.21 Å².